The fourth-order valence-corrected chi connectivity index (χ4v) is 5.03. The molecule has 26 heavy (non-hydrogen) atoms. The molecule has 0 amide bonds. The molecule has 5 rings (SSSR count). The van der Waals surface area contributed by atoms with E-state index in [1.165, 1.54) is 12.1 Å². The van der Waals surface area contributed by atoms with Gasteiger partial charge >= 0.3 is 0 Å². The summed E-state index contributed by atoms with van der Waals surface area (Å²) in [6.07, 6.45) is 0. The normalized spacial score (nSPS) is 20.7. The minimum absolute atomic E-state index is 0.0916. The molecule has 0 radical (unpaired) electrons. The molecule has 0 bridgehead atoms. The zero-order valence-corrected chi connectivity index (χ0v) is 14.5. The number of benzene rings is 3. The van der Waals surface area contributed by atoms with E-state index >= 15 is 0 Å². The molecule has 0 fully saturated rings. The number of carbonyl (C=O) groups is 1. The molecule has 2 atom stereocenters. The third-order valence-electron chi connectivity index (χ3n) is 4.91. The minimum atomic E-state index is -0.365. The Morgan fingerprint density at radius 1 is 0.846 bits per heavy atom. The zero-order chi connectivity index (χ0) is 17.7. The second-order valence-corrected chi connectivity index (χ2v) is 7.63. The van der Waals surface area contributed by atoms with Crippen molar-refractivity contribution in [3.8, 4) is 0 Å². The second-order valence-electron chi connectivity index (χ2n) is 6.44. The summed E-state index contributed by atoms with van der Waals surface area (Å²) in [5, 5.41) is -0.141. The van der Waals surface area contributed by atoms with Gasteiger partial charge in [0.1, 0.15) is 5.82 Å². The molecule has 126 valence electrons. The van der Waals surface area contributed by atoms with Gasteiger partial charge in [-0.15, -0.1) is 11.8 Å². The number of para-hydroxylation sites is 1. The highest BCUT2D eigenvalue weighted by Gasteiger charge is 2.44. The maximum absolute atomic E-state index is 13.4. The SMILES string of the molecule is O=C1c2ccccc2C2=Nc3ccccc3S[C@H](c3ccc(F)cc3)[C@@H]12. The van der Waals surface area contributed by atoms with Crippen LogP contribution < -0.4 is 0 Å². The summed E-state index contributed by atoms with van der Waals surface area (Å²) in [5.74, 6) is -0.549. The Bertz CT molecular complexity index is 1060. The summed E-state index contributed by atoms with van der Waals surface area (Å²) in [7, 11) is 0. The summed E-state index contributed by atoms with van der Waals surface area (Å²) in [6.45, 7) is 0. The van der Waals surface area contributed by atoms with Crippen molar-refractivity contribution in [2.24, 2.45) is 10.9 Å². The van der Waals surface area contributed by atoms with Crippen molar-refractivity contribution in [2.45, 2.75) is 10.1 Å². The van der Waals surface area contributed by atoms with Gasteiger partial charge in [0.25, 0.3) is 0 Å². The number of hydrogen-bond donors (Lipinski definition) is 0. The van der Waals surface area contributed by atoms with Crippen molar-refractivity contribution in [3.63, 3.8) is 0 Å². The van der Waals surface area contributed by atoms with Gasteiger partial charge in [-0.05, 0) is 29.8 Å². The first kappa shape index (κ1) is 15.5. The average Bonchev–Trinajstić information content (AvgIpc) is 2.84. The number of carbonyl (C=O) groups excluding carboxylic acids is 1. The zero-order valence-electron chi connectivity index (χ0n) is 13.7. The molecule has 2 nitrogen and oxygen atoms in total. The smallest absolute Gasteiger partial charge is 0.174 e. The molecule has 4 heteroatoms. The summed E-state index contributed by atoms with van der Waals surface area (Å²) in [4.78, 5) is 19.1. The first-order valence-corrected chi connectivity index (χ1v) is 9.34. The molecule has 0 unspecified atom stereocenters. The number of Topliss-reactive ketones (excluding diaryl/α,β-unsaturated/α-hetero) is 1. The number of rotatable bonds is 1. The van der Waals surface area contributed by atoms with Gasteiger partial charge < -0.3 is 0 Å². The number of nitrogens with zero attached hydrogens (tertiary/aromatic N) is 1. The maximum atomic E-state index is 13.4. The van der Waals surface area contributed by atoms with Crippen LogP contribution in [0, 0.1) is 11.7 Å². The predicted octanol–water partition coefficient (Wildman–Crippen LogP) is 5.61. The van der Waals surface area contributed by atoms with Gasteiger partial charge in [-0.25, -0.2) is 4.39 Å². The van der Waals surface area contributed by atoms with Gasteiger partial charge in [-0.1, -0.05) is 48.5 Å². The molecule has 0 spiro atoms. The van der Waals surface area contributed by atoms with Crippen LogP contribution >= 0.6 is 11.8 Å². The number of hydrogen-bond acceptors (Lipinski definition) is 3. The molecular weight excluding hydrogens is 345 g/mol. The van der Waals surface area contributed by atoms with E-state index in [1.54, 1.807) is 23.9 Å². The van der Waals surface area contributed by atoms with Crippen LogP contribution in [0.15, 0.2) is 82.7 Å². The topological polar surface area (TPSA) is 29.4 Å². The number of ketones is 1. The van der Waals surface area contributed by atoms with Crippen molar-refractivity contribution in [1.29, 1.82) is 0 Å². The summed E-state index contributed by atoms with van der Waals surface area (Å²) >= 11 is 1.63. The molecular formula is C22H14FNOS. The lowest BCUT2D eigenvalue weighted by Crippen LogP contribution is -2.21. The monoisotopic (exact) mass is 359 g/mol. The van der Waals surface area contributed by atoms with E-state index in [-0.39, 0.29) is 22.8 Å². The summed E-state index contributed by atoms with van der Waals surface area (Å²) < 4.78 is 13.4. The number of thioether (sulfide) groups is 1. The average molecular weight is 359 g/mol. The van der Waals surface area contributed by atoms with E-state index in [0.717, 1.165) is 33.0 Å². The lowest BCUT2D eigenvalue weighted by molar-refractivity contribution is 0.0960. The highest BCUT2D eigenvalue weighted by Crippen LogP contribution is 2.51. The molecule has 1 heterocycles. The lowest BCUT2D eigenvalue weighted by Gasteiger charge is -2.21. The van der Waals surface area contributed by atoms with Gasteiger partial charge in [0, 0.05) is 16.0 Å². The number of aliphatic imine (C=N–C) groups is 1. The molecule has 1 aliphatic carbocycles. The fraction of sp³-hybridized carbons (Fsp3) is 0.0909. The van der Waals surface area contributed by atoms with Gasteiger partial charge in [-0.2, -0.15) is 0 Å². The van der Waals surface area contributed by atoms with E-state index in [0.29, 0.717) is 0 Å². The van der Waals surface area contributed by atoms with Crippen LogP contribution in [-0.4, -0.2) is 11.5 Å². The summed E-state index contributed by atoms with van der Waals surface area (Å²) in [5.41, 5.74) is 4.27. The van der Waals surface area contributed by atoms with Crippen molar-refractivity contribution >= 4 is 28.9 Å². The van der Waals surface area contributed by atoms with Crippen LogP contribution in [0.3, 0.4) is 0 Å². The Morgan fingerprint density at radius 2 is 1.54 bits per heavy atom. The highest BCUT2D eigenvalue weighted by molar-refractivity contribution is 7.99. The van der Waals surface area contributed by atoms with Crippen LogP contribution in [0.5, 0.6) is 0 Å². The Morgan fingerprint density at radius 3 is 2.35 bits per heavy atom. The van der Waals surface area contributed by atoms with E-state index in [4.69, 9.17) is 4.99 Å². The predicted molar refractivity (Wildman–Crippen MR) is 102 cm³/mol. The third-order valence-corrected chi connectivity index (χ3v) is 6.30. The molecule has 3 aromatic carbocycles. The molecule has 0 saturated heterocycles. The third kappa shape index (κ3) is 2.33. The standard InChI is InChI=1S/C22H14FNOS/c23-14-11-9-13(10-12-14)22-19-20(15-5-1-2-6-16(15)21(19)25)24-17-7-3-4-8-18(17)26-22/h1-12,19,22H/t19-,22-/m1/s1. The number of fused-ring (bicyclic) bond motifs is 4. The first-order chi connectivity index (χ1) is 12.7. The van der Waals surface area contributed by atoms with Crippen LogP contribution in [0.25, 0.3) is 0 Å². The second kappa shape index (κ2) is 5.92. The molecule has 0 N–H and O–H groups in total. The maximum Gasteiger partial charge on any atom is 0.174 e. The highest BCUT2D eigenvalue weighted by atomic mass is 32.2. The summed E-state index contributed by atoms with van der Waals surface area (Å²) in [6, 6.07) is 22.0. The van der Waals surface area contributed by atoms with Crippen LogP contribution in [0.2, 0.25) is 0 Å². The first-order valence-electron chi connectivity index (χ1n) is 8.46. The van der Waals surface area contributed by atoms with Crippen LogP contribution in [0.1, 0.15) is 26.7 Å². The largest absolute Gasteiger partial charge is 0.293 e. The van der Waals surface area contributed by atoms with Gasteiger partial charge in [-0.3, -0.25) is 9.79 Å². The molecule has 0 saturated carbocycles. The van der Waals surface area contributed by atoms with Crippen LogP contribution in [-0.2, 0) is 0 Å². The molecule has 3 aromatic rings. The van der Waals surface area contributed by atoms with Crippen molar-refractivity contribution < 1.29 is 9.18 Å². The fourth-order valence-electron chi connectivity index (χ4n) is 3.69. The van der Waals surface area contributed by atoms with Crippen molar-refractivity contribution in [1.82, 2.24) is 0 Å². The van der Waals surface area contributed by atoms with Gasteiger partial charge in [0.15, 0.2) is 5.78 Å². The minimum Gasteiger partial charge on any atom is -0.293 e. The lowest BCUT2D eigenvalue weighted by atomic mass is 9.93. The van der Waals surface area contributed by atoms with Gasteiger partial charge in [0.05, 0.1) is 22.6 Å². The van der Waals surface area contributed by atoms with E-state index in [9.17, 15) is 9.18 Å². The Hall–Kier alpha value is -2.72. The van der Waals surface area contributed by atoms with E-state index in [2.05, 4.69) is 0 Å². The van der Waals surface area contributed by atoms with Crippen molar-refractivity contribution in [3.05, 3.63) is 95.3 Å². The Balaban J connectivity index is 1.75. The van der Waals surface area contributed by atoms with E-state index in [1.807, 2.05) is 48.5 Å². The van der Waals surface area contributed by atoms with E-state index < -0.39 is 0 Å². The number of halogens is 1. The molecule has 1 aliphatic heterocycles. The molecule has 2 aliphatic rings. The van der Waals surface area contributed by atoms with Gasteiger partial charge in [0.2, 0.25) is 0 Å². The molecule has 0 aromatic heterocycles. The Kier molecular flexibility index (Phi) is 3.54. The van der Waals surface area contributed by atoms with Crippen LogP contribution in [0.4, 0.5) is 10.1 Å². The quantitative estimate of drug-likeness (QED) is 0.565. The Labute approximate surface area is 154 Å². The van der Waals surface area contributed by atoms with Crippen molar-refractivity contribution in [2.75, 3.05) is 0 Å².